The smallest absolute Gasteiger partial charge is 0.346 e. The van der Waals surface area contributed by atoms with Crippen molar-refractivity contribution in [1.29, 1.82) is 0 Å². The van der Waals surface area contributed by atoms with Gasteiger partial charge in [-0.15, -0.1) is 0 Å². The highest BCUT2D eigenvalue weighted by molar-refractivity contribution is 6.40. The summed E-state index contributed by atoms with van der Waals surface area (Å²) < 4.78 is 4.84. The number of hydrogen-bond donors (Lipinski definition) is 3. The topological polar surface area (TPSA) is 133 Å². The van der Waals surface area contributed by atoms with Crippen molar-refractivity contribution in [3.63, 3.8) is 0 Å². The SMILES string of the molecule is COC(=O)C(Cc1cnc(=O)[nH]c1NC(=O)c1c(Cl)cccc1Cl)NC(=O)N(C)Cc1ccccc1. The zero-order valence-corrected chi connectivity index (χ0v) is 20.9. The van der Waals surface area contributed by atoms with Crippen LogP contribution in [0.1, 0.15) is 21.5 Å². The lowest BCUT2D eigenvalue weighted by molar-refractivity contribution is -0.142. The van der Waals surface area contributed by atoms with Crippen LogP contribution in [-0.4, -0.2) is 53.0 Å². The molecule has 0 aliphatic heterocycles. The third-order valence-corrected chi connectivity index (χ3v) is 5.77. The van der Waals surface area contributed by atoms with E-state index in [1.807, 2.05) is 30.3 Å². The molecule has 0 saturated carbocycles. The Labute approximate surface area is 216 Å². The number of benzene rings is 2. The van der Waals surface area contributed by atoms with Gasteiger partial charge in [0.05, 0.1) is 22.7 Å². The van der Waals surface area contributed by atoms with Crippen molar-refractivity contribution in [1.82, 2.24) is 20.2 Å². The van der Waals surface area contributed by atoms with E-state index in [-0.39, 0.29) is 33.4 Å². The molecule has 0 spiro atoms. The molecule has 0 fully saturated rings. The number of H-pyrrole nitrogens is 1. The van der Waals surface area contributed by atoms with Gasteiger partial charge in [-0.3, -0.25) is 9.78 Å². The number of aromatic nitrogens is 2. The highest BCUT2D eigenvalue weighted by atomic mass is 35.5. The number of amides is 3. The number of carbonyl (C=O) groups excluding carboxylic acids is 3. The number of ether oxygens (including phenoxy) is 1. The van der Waals surface area contributed by atoms with E-state index in [1.165, 1.54) is 30.3 Å². The normalized spacial score (nSPS) is 11.3. The number of halogens is 2. The number of methoxy groups -OCH3 is 1. The van der Waals surface area contributed by atoms with Crippen molar-refractivity contribution in [3.8, 4) is 0 Å². The molecular formula is C24H23Cl2N5O5. The van der Waals surface area contributed by atoms with E-state index in [2.05, 4.69) is 20.6 Å². The molecule has 10 nitrogen and oxygen atoms in total. The van der Waals surface area contributed by atoms with Crippen LogP contribution in [0.15, 0.2) is 59.5 Å². The third-order valence-electron chi connectivity index (χ3n) is 5.14. The van der Waals surface area contributed by atoms with E-state index < -0.39 is 29.6 Å². The van der Waals surface area contributed by atoms with E-state index >= 15 is 0 Å². The van der Waals surface area contributed by atoms with Gasteiger partial charge in [0.2, 0.25) is 0 Å². The lowest BCUT2D eigenvalue weighted by Crippen LogP contribution is -2.48. The van der Waals surface area contributed by atoms with Crippen molar-refractivity contribution in [2.75, 3.05) is 19.5 Å². The van der Waals surface area contributed by atoms with E-state index in [0.717, 1.165) is 5.56 Å². The van der Waals surface area contributed by atoms with Crippen molar-refractivity contribution in [2.45, 2.75) is 19.0 Å². The van der Waals surface area contributed by atoms with Crippen molar-refractivity contribution in [3.05, 3.63) is 91.9 Å². The predicted molar refractivity (Wildman–Crippen MR) is 135 cm³/mol. The molecule has 1 atom stereocenters. The fourth-order valence-electron chi connectivity index (χ4n) is 3.32. The van der Waals surface area contributed by atoms with Crippen LogP contribution in [0.3, 0.4) is 0 Å². The summed E-state index contributed by atoms with van der Waals surface area (Å²) in [5.74, 6) is -1.44. The van der Waals surface area contributed by atoms with Crippen molar-refractivity contribution < 1.29 is 19.1 Å². The number of carbonyl (C=O) groups is 3. The van der Waals surface area contributed by atoms with E-state index in [4.69, 9.17) is 27.9 Å². The molecule has 2 aromatic carbocycles. The van der Waals surface area contributed by atoms with Gasteiger partial charge in [0.15, 0.2) is 0 Å². The number of rotatable bonds is 8. The largest absolute Gasteiger partial charge is 0.467 e. The molecule has 0 bridgehead atoms. The van der Waals surface area contributed by atoms with Crippen LogP contribution in [0.5, 0.6) is 0 Å². The molecule has 3 rings (SSSR count). The van der Waals surface area contributed by atoms with E-state index in [1.54, 1.807) is 13.1 Å². The molecule has 12 heteroatoms. The second-order valence-corrected chi connectivity index (χ2v) is 8.52. The van der Waals surface area contributed by atoms with Crippen LogP contribution in [0.2, 0.25) is 10.0 Å². The number of anilines is 1. The second-order valence-electron chi connectivity index (χ2n) is 7.71. The molecule has 0 aliphatic rings. The number of nitrogens with zero attached hydrogens (tertiary/aromatic N) is 2. The van der Waals surface area contributed by atoms with Gasteiger partial charge in [0.1, 0.15) is 11.9 Å². The molecular weight excluding hydrogens is 509 g/mol. The molecule has 0 radical (unpaired) electrons. The molecule has 3 amide bonds. The summed E-state index contributed by atoms with van der Waals surface area (Å²) >= 11 is 12.2. The Hall–Kier alpha value is -3.89. The summed E-state index contributed by atoms with van der Waals surface area (Å²) in [5.41, 5.74) is 0.427. The lowest BCUT2D eigenvalue weighted by atomic mass is 10.1. The van der Waals surface area contributed by atoms with Crippen LogP contribution in [-0.2, 0) is 22.5 Å². The van der Waals surface area contributed by atoms with E-state index in [0.29, 0.717) is 6.54 Å². The van der Waals surface area contributed by atoms with Gasteiger partial charge in [0, 0.05) is 31.8 Å². The maximum atomic E-state index is 12.8. The standard InChI is InChI=1S/C24H23Cl2N5O5/c1-31(13-14-7-4-3-5-8-14)24(35)28-18(22(33)36-2)11-15-12-27-23(34)30-20(15)29-21(32)19-16(25)9-6-10-17(19)26/h3-10,12,18H,11,13H2,1-2H3,(H,28,35)(H2,27,29,30,32,34). The molecule has 0 saturated heterocycles. The minimum absolute atomic E-state index is 0.00445. The van der Waals surface area contributed by atoms with Gasteiger partial charge in [-0.05, 0) is 17.7 Å². The Morgan fingerprint density at radius 1 is 1.08 bits per heavy atom. The van der Waals surface area contributed by atoms with Gasteiger partial charge in [-0.2, -0.15) is 0 Å². The molecule has 3 aromatic rings. The summed E-state index contributed by atoms with van der Waals surface area (Å²) in [5, 5.41) is 5.38. The Kier molecular flexibility index (Phi) is 9.04. The van der Waals surface area contributed by atoms with Gasteiger partial charge in [-0.25, -0.2) is 19.4 Å². The number of aromatic amines is 1. The highest BCUT2D eigenvalue weighted by Gasteiger charge is 2.26. The monoisotopic (exact) mass is 531 g/mol. The van der Waals surface area contributed by atoms with Crippen molar-refractivity contribution in [2.24, 2.45) is 0 Å². The average molecular weight is 532 g/mol. The Bertz CT molecular complexity index is 1300. The van der Waals surface area contributed by atoms with Gasteiger partial charge in [0.25, 0.3) is 5.91 Å². The molecule has 1 aromatic heterocycles. The van der Waals surface area contributed by atoms with Gasteiger partial charge < -0.3 is 20.3 Å². The second kappa shape index (κ2) is 12.2. The molecule has 1 heterocycles. The molecule has 188 valence electrons. The van der Waals surface area contributed by atoms with Crippen molar-refractivity contribution >= 4 is 46.9 Å². The summed E-state index contributed by atoms with van der Waals surface area (Å²) in [6.07, 6.45) is 1.05. The first-order valence-corrected chi connectivity index (χ1v) is 11.4. The van der Waals surface area contributed by atoms with Crippen LogP contribution < -0.4 is 16.3 Å². The first kappa shape index (κ1) is 26.7. The maximum absolute atomic E-state index is 12.8. The number of esters is 1. The van der Waals surface area contributed by atoms with E-state index in [9.17, 15) is 19.2 Å². The highest BCUT2D eigenvalue weighted by Crippen LogP contribution is 2.25. The predicted octanol–water partition coefficient (Wildman–Crippen LogP) is 3.25. The first-order chi connectivity index (χ1) is 17.2. The number of hydrogen-bond acceptors (Lipinski definition) is 6. The molecule has 36 heavy (non-hydrogen) atoms. The average Bonchev–Trinajstić information content (AvgIpc) is 2.85. The Balaban J connectivity index is 1.81. The minimum atomic E-state index is -1.15. The minimum Gasteiger partial charge on any atom is -0.467 e. The fourth-order valence-corrected chi connectivity index (χ4v) is 3.89. The number of nitrogens with one attached hydrogen (secondary N) is 3. The summed E-state index contributed by atoms with van der Waals surface area (Å²) in [7, 11) is 2.76. The zero-order valence-electron chi connectivity index (χ0n) is 19.4. The molecule has 0 aliphatic carbocycles. The zero-order chi connectivity index (χ0) is 26.2. The lowest BCUT2D eigenvalue weighted by Gasteiger charge is -2.23. The van der Waals surface area contributed by atoms with Crippen LogP contribution >= 0.6 is 23.2 Å². The van der Waals surface area contributed by atoms with Gasteiger partial charge in [-0.1, -0.05) is 59.6 Å². The van der Waals surface area contributed by atoms with Gasteiger partial charge >= 0.3 is 17.7 Å². The van der Waals surface area contributed by atoms with Crippen LogP contribution in [0.4, 0.5) is 10.6 Å². The Morgan fingerprint density at radius 3 is 2.39 bits per heavy atom. The quantitative estimate of drug-likeness (QED) is 0.382. The summed E-state index contributed by atoms with van der Waals surface area (Å²) in [6, 6.07) is 12.2. The fraction of sp³-hybridized carbons (Fsp3) is 0.208. The first-order valence-electron chi connectivity index (χ1n) is 10.7. The molecule has 3 N–H and O–H groups in total. The maximum Gasteiger partial charge on any atom is 0.346 e. The summed E-state index contributed by atoms with van der Waals surface area (Å²) in [4.78, 5) is 57.5. The van der Waals surface area contributed by atoms with Crippen LogP contribution in [0.25, 0.3) is 0 Å². The molecule has 1 unspecified atom stereocenters. The third kappa shape index (κ3) is 6.83. The summed E-state index contributed by atoms with van der Waals surface area (Å²) in [6.45, 7) is 0.306. The van der Waals surface area contributed by atoms with Crippen LogP contribution in [0, 0.1) is 0 Å². The number of urea groups is 1. The Morgan fingerprint density at radius 2 is 1.75 bits per heavy atom.